The second-order valence-corrected chi connectivity index (χ2v) is 8.39. The second kappa shape index (κ2) is 4.45. The highest BCUT2D eigenvalue weighted by molar-refractivity contribution is 5.89. The third-order valence-corrected chi connectivity index (χ3v) is 7.11. The Kier molecular flexibility index (Phi) is 2.97. The third-order valence-electron chi connectivity index (χ3n) is 7.11. The van der Waals surface area contributed by atoms with E-state index in [1.165, 1.54) is 19.3 Å². The summed E-state index contributed by atoms with van der Waals surface area (Å²) in [6, 6.07) is 0.371. The van der Waals surface area contributed by atoms with Crippen molar-refractivity contribution in [2.75, 3.05) is 6.61 Å². The average molecular weight is 292 g/mol. The molecule has 3 aliphatic carbocycles. The summed E-state index contributed by atoms with van der Waals surface area (Å²) in [4.78, 5) is 13.0. The molecule has 0 aromatic rings. The van der Waals surface area contributed by atoms with Gasteiger partial charge in [-0.3, -0.25) is 4.79 Å². The minimum absolute atomic E-state index is 0.0804. The normalized spacial score (nSPS) is 50.3. The van der Waals surface area contributed by atoms with Crippen molar-refractivity contribution in [2.45, 2.75) is 70.1 Å². The van der Waals surface area contributed by atoms with Crippen molar-refractivity contribution in [2.24, 2.45) is 28.9 Å². The Bertz CT molecular complexity index is 464. The van der Waals surface area contributed by atoms with Crippen LogP contribution >= 0.6 is 0 Å². The Hall–Kier alpha value is -0.610. The summed E-state index contributed by atoms with van der Waals surface area (Å²) in [7, 11) is 0. The maximum Gasteiger partial charge on any atom is 0.241 e. The van der Waals surface area contributed by atoms with Crippen LogP contribution in [0.3, 0.4) is 0 Å². The summed E-state index contributed by atoms with van der Waals surface area (Å²) >= 11 is 0. The van der Waals surface area contributed by atoms with E-state index >= 15 is 0 Å². The molecule has 4 nitrogen and oxygen atoms in total. The second-order valence-electron chi connectivity index (χ2n) is 8.39. The first-order valence-corrected chi connectivity index (χ1v) is 8.66. The molecule has 3 saturated carbocycles. The number of carbonyl (C=O) groups is 1. The van der Waals surface area contributed by atoms with Crippen LogP contribution in [0.4, 0.5) is 0 Å². The number of fused-ring (bicyclic) bond motifs is 3. The number of ether oxygens (including phenoxy) is 1. The summed E-state index contributed by atoms with van der Waals surface area (Å²) in [6.45, 7) is 5.01. The summed E-state index contributed by atoms with van der Waals surface area (Å²) in [6.07, 6.45) is 7.31. The number of rotatable bonds is 2. The molecule has 0 radical (unpaired) electrons. The van der Waals surface area contributed by atoms with Crippen LogP contribution in [0, 0.1) is 23.2 Å². The van der Waals surface area contributed by atoms with Gasteiger partial charge in [-0.05, 0) is 43.9 Å². The van der Waals surface area contributed by atoms with Gasteiger partial charge in [0.05, 0.1) is 6.10 Å². The van der Waals surface area contributed by atoms with E-state index in [0.29, 0.717) is 12.0 Å². The Labute approximate surface area is 127 Å². The van der Waals surface area contributed by atoms with Gasteiger partial charge in [0, 0.05) is 24.0 Å². The molecule has 4 heteroatoms. The molecule has 0 aromatic carbocycles. The van der Waals surface area contributed by atoms with Gasteiger partial charge in [-0.1, -0.05) is 20.3 Å². The van der Waals surface area contributed by atoms with Crippen molar-refractivity contribution in [1.82, 2.24) is 5.32 Å². The first-order chi connectivity index (χ1) is 9.94. The topological polar surface area (TPSA) is 64.3 Å². The van der Waals surface area contributed by atoms with E-state index < -0.39 is 5.54 Å². The van der Waals surface area contributed by atoms with E-state index in [2.05, 4.69) is 19.2 Å². The first kappa shape index (κ1) is 14.0. The van der Waals surface area contributed by atoms with Crippen molar-refractivity contribution in [3.8, 4) is 0 Å². The fourth-order valence-electron chi connectivity index (χ4n) is 5.75. The van der Waals surface area contributed by atoms with Gasteiger partial charge in [0.25, 0.3) is 0 Å². The van der Waals surface area contributed by atoms with Gasteiger partial charge < -0.3 is 15.8 Å². The molecular weight excluding hydrogens is 264 g/mol. The molecular formula is C17H28N2O2. The number of carbonyl (C=O) groups excluding carboxylic acids is 1. The Morgan fingerprint density at radius 3 is 2.71 bits per heavy atom. The van der Waals surface area contributed by atoms with Crippen LogP contribution in [0.15, 0.2) is 0 Å². The smallest absolute Gasteiger partial charge is 0.241 e. The van der Waals surface area contributed by atoms with E-state index in [0.717, 1.165) is 31.8 Å². The van der Waals surface area contributed by atoms with Crippen LogP contribution in [-0.4, -0.2) is 30.2 Å². The van der Waals surface area contributed by atoms with Crippen molar-refractivity contribution >= 4 is 5.91 Å². The lowest BCUT2D eigenvalue weighted by atomic mass is 9.46. The quantitative estimate of drug-likeness (QED) is 0.816. The first-order valence-electron chi connectivity index (χ1n) is 8.66. The minimum Gasteiger partial charge on any atom is -0.377 e. The lowest BCUT2D eigenvalue weighted by Crippen LogP contribution is -2.82. The largest absolute Gasteiger partial charge is 0.377 e. The number of nitrogens with two attached hydrogens (primary N) is 1. The molecule has 21 heavy (non-hydrogen) atoms. The SMILES string of the molecule is CC1(C)C2OCCCC2C1(N)C(=O)NC1CC2CCC1C2. The number of hydrogen-bond donors (Lipinski definition) is 2. The molecule has 4 fully saturated rings. The molecule has 2 bridgehead atoms. The van der Waals surface area contributed by atoms with Gasteiger partial charge in [0.1, 0.15) is 5.54 Å². The van der Waals surface area contributed by atoms with Crippen LogP contribution < -0.4 is 11.1 Å². The van der Waals surface area contributed by atoms with Crippen molar-refractivity contribution in [3.63, 3.8) is 0 Å². The molecule has 1 saturated heterocycles. The van der Waals surface area contributed by atoms with Gasteiger partial charge in [-0.25, -0.2) is 0 Å². The number of nitrogens with one attached hydrogen (secondary N) is 1. The van der Waals surface area contributed by atoms with E-state index in [9.17, 15) is 4.79 Å². The zero-order valence-corrected chi connectivity index (χ0v) is 13.2. The standard InChI is InChI=1S/C17H28N2O2/c1-16(2)14-12(4-3-7-21-14)17(16,18)15(20)19-13-9-10-5-6-11(13)8-10/h10-14H,3-9,18H2,1-2H3,(H,19,20). The molecule has 3 N–H and O–H groups in total. The molecule has 118 valence electrons. The van der Waals surface area contributed by atoms with Gasteiger partial charge in [0.2, 0.25) is 5.91 Å². The highest BCUT2D eigenvalue weighted by Gasteiger charge is 2.70. The molecule has 1 amide bonds. The molecule has 0 aromatic heterocycles. The van der Waals surface area contributed by atoms with E-state index in [-0.39, 0.29) is 23.3 Å². The zero-order chi connectivity index (χ0) is 14.8. The van der Waals surface area contributed by atoms with Crippen LogP contribution in [0.2, 0.25) is 0 Å². The monoisotopic (exact) mass is 292 g/mol. The molecule has 1 aliphatic heterocycles. The lowest BCUT2D eigenvalue weighted by molar-refractivity contribution is -0.225. The summed E-state index contributed by atoms with van der Waals surface area (Å²) in [5.74, 6) is 1.81. The molecule has 1 heterocycles. The number of amides is 1. The zero-order valence-electron chi connectivity index (χ0n) is 13.2. The van der Waals surface area contributed by atoms with Crippen LogP contribution in [-0.2, 0) is 9.53 Å². The Morgan fingerprint density at radius 2 is 2.05 bits per heavy atom. The van der Waals surface area contributed by atoms with Crippen LogP contribution in [0.5, 0.6) is 0 Å². The van der Waals surface area contributed by atoms with Gasteiger partial charge >= 0.3 is 0 Å². The molecule has 0 spiro atoms. The average Bonchev–Trinajstić information content (AvgIpc) is 3.08. The van der Waals surface area contributed by atoms with Gasteiger partial charge in [-0.15, -0.1) is 0 Å². The van der Waals surface area contributed by atoms with Crippen LogP contribution in [0.1, 0.15) is 52.4 Å². The highest BCUT2D eigenvalue weighted by Crippen LogP contribution is 2.57. The van der Waals surface area contributed by atoms with Gasteiger partial charge in [0.15, 0.2) is 0 Å². The molecule has 6 atom stereocenters. The summed E-state index contributed by atoms with van der Waals surface area (Å²) in [5, 5.41) is 3.32. The predicted octanol–water partition coefficient (Wildman–Crippen LogP) is 1.82. The molecule has 6 unspecified atom stereocenters. The maximum atomic E-state index is 13.0. The Morgan fingerprint density at radius 1 is 1.24 bits per heavy atom. The van der Waals surface area contributed by atoms with Crippen LogP contribution in [0.25, 0.3) is 0 Å². The van der Waals surface area contributed by atoms with Crippen molar-refractivity contribution in [3.05, 3.63) is 0 Å². The molecule has 4 rings (SSSR count). The van der Waals surface area contributed by atoms with Crippen molar-refractivity contribution in [1.29, 1.82) is 0 Å². The van der Waals surface area contributed by atoms with E-state index in [1.807, 2.05) is 0 Å². The molecule has 4 aliphatic rings. The van der Waals surface area contributed by atoms with Gasteiger partial charge in [-0.2, -0.15) is 0 Å². The lowest BCUT2D eigenvalue weighted by Gasteiger charge is -2.65. The summed E-state index contributed by atoms with van der Waals surface area (Å²) in [5.41, 5.74) is 5.65. The van der Waals surface area contributed by atoms with Crippen molar-refractivity contribution < 1.29 is 9.53 Å². The highest BCUT2D eigenvalue weighted by atomic mass is 16.5. The fourth-order valence-corrected chi connectivity index (χ4v) is 5.75. The summed E-state index contributed by atoms with van der Waals surface area (Å²) < 4.78 is 5.90. The third kappa shape index (κ3) is 1.72. The maximum absolute atomic E-state index is 13.0. The Balaban J connectivity index is 1.50. The predicted molar refractivity (Wildman–Crippen MR) is 80.5 cm³/mol. The number of hydrogen-bond acceptors (Lipinski definition) is 3. The minimum atomic E-state index is -0.750. The fraction of sp³-hybridized carbons (Fsp3) is 0.941. The van der Waals surface area contributed by atoms with E-state index in [4.69, 9.17) is 10.5 Å². The van der Waals surface area contributed by atoms with E-state index in [1.54, 1.807) is 0 Å².